The highest BCUT2D eigenvalue weighted by Crippen LogP contribution is 2.27. The minimum absolute atomic E-state index is 0.0301. The molecule has 0 bridgehead atoms. The second-order valence-electron chi connectivity index (χ2n) is 5.15. The van der Waals surface area contributed by atoms with Gasteiger partial charge in [0.25, 0.3) is 0 Å². The first-order valence-electron chi connectivity index (χ1n) is 6.92. The van der Waals surface area contributed by atoms with Gasteiger partial charge in [0.15, 0.2) is 17.4 Å². The quantitative estimate of drug-likeness (QED) is 0.807. The highest BCUT2D eigenvalue weighted by atomic mass is 19.2. The zero-order valence-electron chi connectivity index (χ0n) is 11.9. The zero-order chi connectivity index (χ0) is 16.2. The third-order valence-corrected chi connectivity index (χ3v) is 3.66. The number of carbonyl (C=O) groups is 1. The molecule has 5 heteroatoms. The van der Waals surface area contributed by atoms with Crippen LogP contribution in [0, 0.1) is 11.6 Å². The lowest BCUT2D eigenvalue weighted by Gasteiger charge is -2.27. The Bertz CT molecular complexity index is 661. The SMILES string of the molecule is NCC(O)(CCC(=O)c1ccccc1)c1ccc(F)c(F)c1. The molecule has 0 aliphatic carbocycles. The van der Waals surface area contributed by atoms with Gasteiger partial charge in [0.05, 0.1) is 0 Å². The maximum Gasteiger partial charge on any atom is 0.162 e. The number of halogens is 2. The van der Waals surface area contributed by atoms with Crippen LogP contribution < -0.4 is 5.73 Å². The molecule has 0 fully saturated rings. The summed E-state index contributed by atoms with van der Waals surface area (Å²) in [5.41, 5.74) is 4.70. The molecule has 2 rings (SSSR count). The fraction of sp³-hybridized carbons (Fsp3) is 0.235. The van der Waals surface area contributed by atoms with Gasteiger partial charge >= 0.3 is 0 Å². The van der Waals surface area contributed by atoms with Crippen LogP contribution in [0.1, 0.15) is 28.8 Å². The summed E-state index contributed by atoms with van der Waals surface area (Å²) in [5.74, 6) is -2.20. The number of rotatable bonds is 6. The van der Waals surface area contributed by atoms with Gasteiger partial charge in [0.2, 0.25) is 0 Å². The van der Waals surface area contributed by atoms with E-state index >= 15 is 0 Å². The Hall–Kier alpha value is -2.11. The van der Waals surface area contributed by atoms with Crippen molar-refractivity contribution in [2.45, 2.75) is 18.4 Å². The standard InChI is InChI=1S/C17H17F2NO2/c18-14-7-6-13(10-15(14)19)17(22,11-20)9-8-16(21)12-4-2-1-3-5-12/h1-7,10,22H,8-9,11,20H2. The number of Topliss-reactive ketones (excluding diaryl/α,β-unsaturated/α-hetero) is 1. The number of hydrogen-bond donors (Lipinski definition) is 2. The molecule has 0 aliphatic heterocycles. The van der Waals surface area contributed by atoms with E-state index in [1.54, 1.807) is 30.3 Å². The van der Waals surface area contributed by atoms with Crippen LogP contribution in [0.15, 0.2) is 48.5 Å². The van der Waals surface area contributed by atoms with Crippen LogP contribution in [0.4, 0.5) is 8.78 Å². The Morgan fingerprint density at radius 1 is 1.09 bits per heavy atom. The molecule has 0 radical (unpaired) electrons. The van der Waals surface area contributed by atoms with Crippen molar-refractivity contribution in [2.24, 2.45) is 5.73 Å². The maximum atomic E-state index is 13.3. The van der Waals surface area contributed by atoms with Crippen molar-refractivity contribution in [3.8, 4) is 0 Å². The van der Waals surface area contributed by atoms with Crippen molar-refractivity contribution >= 4 is 5.78 Å². The summed E-state index contributed by atoms with van der Waals surface area (Å²) in [6.07, 6.45) is 0.0824. The average Bonchev–Trinajstić information content (AvgIpc) is 2.55. The first-order chi connectivity index (χ1) is 10.5. The molecule has 2 aromatic carbocycles. The summed E-state index contributed by atoms with van der Waals surface area (Å²) in [7, 11) is 0. The molecule has 0 amide bonds. The van der Waals surface area contributed by atoms with Gasteiger partial charge in [0.1, 0.15) is 5.60 Å². The van der Waals surface area contributed by atoms with Crippen molar-refractivity contribution in [3.05, 3.63) is 71.3 Å². The summed E-state index contributed by atoms with van der Waals surface area (Å²) >= 11 is 0. The Labute approximate surface area is 127 Å². The molecule has 0 heterocycles. The molecule has 116 valence electrons. The molecule has 0 saturated carbocycles. The van der Waals surface area contributed by atoms with Crippen molar-refractivity contribution in [3.63, 3.8) is 0 Å². The van der Waals surface area contributed by atoms with Crippen LogP contribution >= 0.6 is 0 Å². The summed E-state index contributed by atoms with van der Waals surface area (Å²) in [5, 5.41) is 10.5. The summed E-state index contributed by atoms with van der Waals surface area (Å²) in [4.78, 5) is 12.1. The lowest BCUT2D eigenvalue weighted by molar-refractivity contribution is 0.0334. The minimum Gasteiger partial charge on any atom is -0.384 e. The lowest BCUT2D eigenvalue weighted by atomic mass is 9.87. The van der Waals surface area contributed by atoms with Gasteiger partial charge in [-0.05, 0) is 24.1 Å². The number of hydrogen-bond acceptors (Lipinski definition) is 3. The highest BCUT2D eigenvalue weighted by molar-refractivity contribution is 5.96. The Kier molecular flexibility index (Phi) is 5.00. The van der Waals surface area contributed by atoms with E-state index < -0.39 is 17.2 Å². The average molecular weight is 305 g/mol. The van der Waals surface area contributed by atoms with Crippen LogP contribution in [0.2, 0.25) is 0 Å². The molecule has 0 spiro atoms. The van der Waals surface area contributed by atoms with Gasteiger partial charge in [-0.25, -0.2) is 8.78 Å². The zero-order valence-corrected chi connectivity index (χ0v) is 11.9. The van der Waals surface area contributed by atoms with Gasteiger partial charge in [-0.1, -0.05) is 36.4 Å². The van der Waals surface area contributed by atoms with Crippen molar-refractivity contribution in [2.75, 3.05) is 6.54 Å². The van der Waals surface area contributed by atoms with E-state index in [0.29, 0.717) is 5.56 Å². The van der Waals surface area contributed by atoms with Crippen LogP contribution in [0.25, 0.3) is 0 Å². The predicted octanol–water partition coefficient (Wildman–Crippen LogP) is 2.77. The monoisotopic (exact) mass is 305 g/mol. The molecule has 1 unspecified atom stereocenters. The fourth-order valence-corrected chi connectivity index (χ4v) is 2.24. The lowest BCUT2D eigenvalue weighted by Crippen LogP contribution is -2.35. The van der Waals surface area contributed by atoms with E-state index in [1.165, 1.54) is 6.07 Å². The first-order valence-corrected chi connectivity index (χ1v) is 6.92. The van der Waals surface area contributed by atoms with E-state index in [-0.39, 0.29) is 30.7 Å². The molecule has 0 saturated heterocycles. The topological polar surface area (TPSA) is 63.3 Å². The van der Waals surface area contributed by atoms with Crippen molar-refractivity contribution < 1.29 is 18.7 Å². The van der Waals surface area contributed by atoms with Gasteiger partial charge in [-0.3, -0.25) is 4.79 Å². The molecule has 0 aromatic heterocycles. The molecule has 22 heavy (non-hydrogen) atoms. The number of benzene rings is 2. The van der Waals surface area contributed by atoms with E-state index in [9.17, 15) is 18.7 Å². The third-order valence-electron chi connectivity index (χ3n) is 3.66. The van der Waals surface area contributed by atoms with Crippen molar-refractivity contribution in [1.29, 1.82) is 0 Å². The normalized spacial score (nSPS) is 13.6. The highest BCUT2D eigenvalue weighted by Gasteiger charge is 2.29. The Balaban J connectivity index is 2.13. The minimum atomic E-state index is -1.57. The predicted molar refractivity (Wildman–Crippen MR) is 79.3 cm³/mol. The number of carbonyl (C=O) groups excluding carboxylic acids is 1. The second-order valence-corrected chi connectivity index (χ2v) is 5.15. The Morgan fingerprint density at radius 3 is 2.36 bits per heavy atom. The van der Waals surface area contributed by atoms with Gasteiger partial charge < -0.3 is 10.8 Å². The summed E-state index contributed by atoms with van der Waals surface area (Å²) in [6.45, 7) is -0.194. The molecule has 0 aliphatic rings. The molecule has 3 N–H and O–H groups in total. The van der Waals surface area contributed by atoms with E-state index in [0.717, 1.165) is 12.1 Å². The van der Waals surface area contributed by atoms with Gasteiger partial charge in [0, 0.05) is 18.5 Å². The number of ketones is 1. The Morgan fingerprint density at radius 2 is 1.77 bits per heavy atom. The molecular formula is C17H17F2NO2. The largest absolute Gasteiger partial charge is 0.384 e. The van der Waals surface area contributed by atoms with Crippen LogP contribution in [0.5, 0.6) is 0 Å². The van der Waals surface area contributed by atoms with Crippen LogP contribution in [-0.2, 0) is 5.60 Å². The van der Waals surface area contributed by atoms with Gasteiger partial charge in [-0.15, -0.1) is 0 Å². The maximum absolute atomic E-state index is 13.3. The van der Waals surface area contributed by atoms with E-state index in [4.69, 9.17) is 5.73 Å². The number of nitrogens with two attached hydrogens (primary N) is 1. The second kappa shape index (κ2) is 6.77. The van der Waals surface area contributed by atoms with Gasteiger partial charge in [-0.2, -0.15) is 0 Å². The molecular weight excluding hydrogens is 288 g/mol. The van der Waals surface area contributed by atoms with Crippen LogP contribution in [0.3, 0.4) is 0 Å². The molecule has 2 aromatic rings. The fourth-order valence-electron chi connectivity index (χ4n) is 2.24. The van der Waals surface area contributed by atoms with E-state index in [2.05, 4.69) is 0 Å². The van der Waals surface area contributed by atoms with E-state index in [1.807, 2.05) is 0 Å². The number of aliphatic hydroxyl groups is 1. The smallest absolute Gasteiger partial charge is 0.162 e. The van der Waals surface area contributed by atoms with Crippen LogP contribution in [-0.4, -0.2) is 17.4 Å². The first kappa shape index (κ1) is 16.3. The molecule has 3 nitrogen and oxygen atoms in total. The van der Waals surface area contributed by atoms with Crippen molar-refractivity contribution in [1.82, 2.24) is 0 Å². The summed E-state index contributed by atoms with van der Waals surface area (Å²) in [6, 6.07) is 11.8. The molecule has 1 atom stereocenters. The summed E-state index contributed by atoms with van der Waals surface area (Å²) < 4.78 is 26.3. The third kappa shape index (κ3) is 3.55.